The number of aryl methyl sites for hydroxylation is 1. The molecule has 1 atom stereocenters. The van der Waals surface area contributed by atoms with Gasteiger partial charge in [0.2, 0.25) is 5.91 Å². The zero-order valence-electron chi connectivity index (χ0n) is 18.2. The van der Waals surface area contributed by atoms with Crippen molar-refractivity contribution in [2.75, 3.05) is 11.4 Å². The van der Waals surface area contributed by atoms with Crippen molar-refractivity contribution in [1.82, 2.24) is 0 Å². The first kappa shape index (κ1) is 20.8. The summed E-state index contributed by atoms with van der Waals surface area (Å²) < 4.78 is 29.1. The molecule has 2 aliphatic rings. The maximum atomic E-state index is 15.5. The van der Waals surface area contributed by atoms with Gasteiger partial charge in [0.1, 0.15) is 11.5 Å². The van der Waals surface area contributed by atoms with E-state index in [9.17, 15) is 9.18 Å². The van der Waals surface area contributed by atoms with E-state index in [0.29, 0.717) is 24.9 Å². The molecule has 1 saturated carbocycles. The number of nitrogens with zero attached hydrogens (tertiary/aromatic N) is 1. The topological polar surface area (TPSA) is 46.3 Å². The minimum atomic E-state index is -1.38. The van der Waals surface area contributed by atoms with E-state index in [1.54, 1.807) is 6.07 Å². The van der Waals surface area contributed by atoms with Gasteiger partial charge in [-0.1, -0.05) is 26.8 Å². The van der Waals surface area contributed by atoms with Crippen molar-refractivity contribution in [2.24, 2.45) is 11.1 Å². The van der Waals surface area contributed by atoms with Gasteiger partial charge in [0, 0.05) is 18.8 Å². The minimum absolute atomic E-state index is 0.211. The minimum Gasteiger partial charge on any atom is -0.369 e. The number of carbonyl (C=O) groups excluding carboxylic acids is 1. The number of carbonyl (C=O) groups is 1. The van der Waals surface area contributed by atoms with Crippen molar-refractivity contribution in [3.63, 3.8) is 0 Å². The molecule has 5 heteroatoms. The molecule has 2 aromatic rings. The molecule has 1 fully saturated rings. The summed E-state index contributed by atoms with van der Waals surface area (Å²) in [7, 11) is 0. The Balaban J connectivity index is 1.78. The first-order valence-corrected chi connectivity index (χ1v) is 10.6. The zero-order chi connectivity index (χ0) is 21.8. The maximum Gasteiger partial charge on any atom is 0.225 e. The summed E-state index contributed by atoms with van der Waals surface area (Å²) in [6.07, 6.45) is 1.69. The normalized spacial score (nSPS) is 18.7. The Morgan fingerprint density at radius 3 is 2.47 bits per heavy atom. The summed E-state index contributed by atoms with van der Waals surface area (Å²) in [6, 6.07) is 8.89. The van der Waals surface area contributed by atoms with E-state index in [4.69, 9.17) is 5.73 Å². The van der Waals surface area contributed by atoms with E-state index in [1.165, 1.54) is 6.07 Å². The lowest BCUT2D eigenvalue weighted by atomic mass is 9.72. The Labute approximate surface area is 177 Å². The van der Waals surface area contributed by atoms with Gasteiger partial charge in [0.25, 0.3) is 0 Å². The molecule has 0 saturated heterocycles. The highest BCUT2D eigenvalue weighted by atomic mass is 19.1. The van der Waals surface area contributed by atoms with Gasteiger partial charge in [0.05, 0.1) is 5.92 Å². The first-order valence-electron chi connectivity index (χ1n) is 10.6. The lowest BCUT2D eigenvalue weighted by Crippen LogP contribution is -2.34. The molecule has 0 bridgehead atoms. The molecular weight excluding hydrogens is 382 g/mol. The van der Waals surface area contributed by atoms with Crippen molar-refractivity contribution in [3.05, 3.63) is 64.0 Å². The van der Waals surface area contributed by atoms with Crippen LogP contribution in [0.5, 0.6) is 0 Å². The molecule has 1 aliphatic carbocycles. The standard InChI is InChI=1S/C25H30F2N2O/c1-15-11-19(29-10-7-16-12-18(26)6-5-17(16)14-29)13-20(25(27)8-9-25)21(15)22(23(28)30)24(2,3)4/h5-6,11-13,22H,7-10,14H2,1-4H3,(H2,28,30). The van der Waals surface area contributed by atoms with Crippen molar-refractivity contribution >= 4 is 11.6 Å². The average Bonchev–Trinajstić information content (AvgIpc) is 3.39. The van der Waals surface area contributed by atoms with Gasteiger partial charge in [-0.15, -0.1) is 0 Å². The number of hydrogen-bond donors (Lipinski definition) is 1. The molecule has 2 N–H and O–H groups in total. The average molecular weight is 413 g/mol. The van der Waals surface area contributed by atoms with Crippen LogP contribution in [0.25, 0.3) is 0 Å². The number of amides is 1. The fourth-order valence-corrected chi connectivity index (χ4v) is 4.84. The van der Waals surface area contributed by atoms with E-state index >= 15 is 4.39 Å². The van der Waals surface area contributed by atoms with E-state index in [-0.39, 0.29) is 5.82 Å². The first-order chi connectivity index (χ1) is 14.0. The molecule has 1 amide bonds. The summed E-state index contributed by atoms with van der Waals surface area (Å²) in [5.74, 6) is -1.19. The molecule has 0 spiro atoms. The molecule has 1 heterocycles. The predicted octanol–water partition coefficient (Wildman–Crippen LogP) is 5.27. The summed E-state index contributed by atoms with van der Waals surface area (Å²) in [6.45, 7) is 9.26. The molecule has 160 valence electrons. The molecule has 30 heavy (non-hydrogen) atoms. The van der Waals surface area contributed by atoms with Crippen LogP contribution >= 0.6 is 0 Å². The highest BCUT2D eigenvalue weighted by Crippen LogP contribution is 2.54. The zero-order valence-corrected chi connectivity index (χ0v) is 18.2. The Bertz CT molecular complexity index is 1000. The number of anilines is 1. The van der Waals surface area contributed by atoms with Crippen LogP contribution in [0.4, 0.5) is 14.5 Å². The third-order valence-corrected chi connectivity index (χ3v) is 6.53. The molecule has 0 radical (unpaired) electrons. The van der Waals surface area contributed by atoms with Gasteiger partial charge < -0.3 is 10.6 Å². The Morgan fingerprint density at radius 2 is 1.87 bits per heavy atom. The number of rotatable bonds is 4. The molecule has 1 aliphatic heterocycles. The lowest BCUT2D eigenvalue weighted by Gasteiger charge is -2.35. The van der Waals surface area contributed by atoms with Crippen LogP contribution in [0.1, 0.15) is 67.3 Å². The lowest BCUT2D eigenvalue weighted by molar-refractivity contribution is -0.121. The molecule has 1 unspecified atom stereocenters. The summed E-state index contributed by atoms with van der Waals surface area (Å²) in [5, 5.41) is 0. The predicted molar refractivity (Wildman–Crippen MR) is 116 cm³/mol. The molecule has 4 rings (SSSR count). The number of halogens is 2. The number of fused-ring (bicyclic) bond motifs is 1. The number of benzene rings is 2. The van der Waals surface area contributed by atoms with Crippen LogP contribution in [-0.2, 0) is 23.4 Å². The summed E-state index contributed by atoms with van der Waals surface area (Å²) in [4.78, 5) is 14.6. The third kappa shape index (κ3) is 3.70. The van der Waals surface area contributed by atoms with Gasteiger partial charge >= 0.3 is 0 Å². The van der Waals surface area contributed by atoms with Crippen LogP contribution < -0.4 is 10.6 Å². The highest BCUT2D eigenvalue weighted by Gasteiger charge is 2.49. The molecule has 2 aromatic carbocycles. The number of hydrogen-bond acceptors (Lipinski definition) is 2. The molecule has 3 nitrogen and oxygen atoms in total. The number of nitrogens with two attached hydrogens (primary N) is 1. The van der Waals surface area contributed by atoms with Gasteiger partial charge in [-0.05, 0) is 83.7 Å². The van der Waals surface area contributed by atoms with Gasteiger partial charge in [0.15, 0.2) is 0 Å². The highest BCUT2D eigenvalue weighted by molar-refractivity contribution is 5.84. The Hall–Kier alpha value is -2.43. The second-order valence-corrected chi connectivity index (χ2v) is 9.98. The van der Waals surface area contributed by atoms with Crippen molar-refractivity contribution < 1.29 is 13.6 Å². The van der Waals surface area contributed by atoms with E-state index in [0.717, 1.165) is 40.9 Å². The number of primary amides is 1. The van der Waals surface area contributed by atoms with Crippen LogP contribution in [-0.4, -0.2) is 12.5 Å². The Kier molecular flexibility index (Phi) is 4.91. The second-order valence-electron chi connectivity index (χ2n) is 9.98. The quantitative estimate of drug-likeness (QED) is 0.744. The number of alkyl halides is 1. The van der Waals surface area contributed by atoms with Crippen LogP contribution in [0.15, 0.2) is 30.3 Å². The second kappa shape index (κ2) is 7.07. The maximum absolute atomic E-state index is 15.5. The fraction of sp³-hybridized carbons (Fsp3) is 0.480. The molecular formula is C25H30F2N2O. The molecule has 0 aromatic heterocycles. The SMILES string of the molecule is Cc1cc(N2CCc3cc(F)ccc3C2)cc(C2(F)CC2)c1C(C(N)=O)C(C)(C)C. The van der Waals surface area contributed by atoms with E-state index < -0.39 is 22.9 Å². The van der Waals surface area contributed by atoms with Crippen LogP contribution in [0, 0.1) is 18.2 Å². The fourth-order valence-electron chi connectivity index (χ4n) is 4.84. The monoisotopic (exact) mass is 412 g/mol. The summed E-state index contributed by atoms with van der Waals surface area (Å²) >= 11 is 0. The van der Waals surface area contributed by atoms with Crippen molar-refractivity contribution in [3.8, 4) is 0 Å². The van der Waals surface area contributed by atoms with Crippen LogP contribution in [0.2, 0.25) is 0 Å². The van der Waals surface area contributed by atoms with Gasteiger partial charge in [-0.25, -0.2) is 8.78 Å². The summed E-state index contributed by atoms with van der Waals surface area (Å²) in [5.41, 5.74) is 9.34. The van der Waals surface area contributed by atoms with Gasteiger partial charge in [-0.3, -0.25) is 4.79 Å². The van der Waals surface area contributed by atoms with Gasteiger partial charge in [-0.2, -0.15) is 0 Å². The third-order valence-electron chi connectivity index (χ3n) is 6.53. The van der Waals surface area contributed by atoms with Crippen molar-refractivity contribution in [1.29, 1.82) is 0 Å². The van der Waals surface area contributed by atoms with Crippen molar-refractivity contribution in [2.45, 2.75) is 65.1 Å². The smallest absolute Gasteiger partial charge is 0.225 e. The van der Waals surface area contributed by atoms with E-state index in [2.05, 4.69) is 4.90 Å². The van der Waals surface area contributed by atoms with E-state index in [1.807, 2.05) is 45.9 Å². The largest absolute Gasteiger partial charge is 0.369 e. The van der Waals surface area contributed by atoms with Crippen LogP contribution in [0.3, 0.4) is 0 Å². The Morgan fingerprint density at radius 1 is 1.17 bits per heavy atom.